The molecule has 0 aromatic heterocycles. The SMILES string of the molecule is CCOC(=O)C(=O)N(c1ccccc1C(=O)O)c1ccccc1N1CCCCC1. The second-order valence-corrected chi connectivity index (χ2v) is 6.72. The summed E-state index contributed by atoms with van der Waals surface area (Å²) >= 11 is 0. The van der Waals surface area contributed by atoms with Gasteiger partial charge in [0.05, 0.1) is 29.2 Å². The van der Waals surface area contributed by atoms with Crippen LogP contribution in [-0.2, 0) is 14.3 Å². The van der Waals surface area contributed by atoms with E-state index in [1.165, 1.54) is 12.1 Å². The Kier molecular flexibility index (Phi) is 6.49. The molecule has 29 heavy (non-hydrogen) atoms. The van der Waals surface area contributed by atoms with Gasteiger partial charge in [-0.15, -0.1) is 0 Å². The number of nitrogens with zero attached hydrogens (tertiary/aromatic N) is 2. The van der Waals surface area contributed by atoms with E-state index in [1.54, 1.807) is 31.2 Å². The Morgan fingerprint density at radius 1 is 0.966 bits per heavy atom. The van der Waals surface area contributed by atoms with Crippen LogP contribution in [-0.4, -0.2) is 42.6 Å². The second kappa shape index (κ2) is 9.23. The van der Waals surface area contributed by atoms with Gasteiger partial charge in [0.25, 0.3) is 0 Å². The van der Waals surface area contributed by atoms with Gasteiger partial charge in [-0.2, -0.15) is 0 Å². The summed E-state index contributed by atoms with van der Waals surface area (Å²) in [6.07, 6.45) is 3.21. The third-order valence-corrected chi connectivity index (χ3v) is 4.85. The molecule has 1 fully saturated rings. The van der Waals surface area contributed by atoms with E-state index in [2.05, 4.69) is 4.90 Å². The number of carboxylic acids is 1. The standard InChI is InChI=1S/C22H24N2O5/c1-2-29-22(28)20(25)24(17-11-5-4-10-16(17)21(26)27)19-13-7-6-12-18(19)23-14-8-3-9-15-23/h4-7,10-13H,2-3,8-9,14-15H2,1H3,(H,26,27). The summed E-state index contributed by atoms with van der Waals surface area (Å²) in [7, 11) is 0. The van der Waals surface area contributed by atoms with Crippen molar-refractivity contribution in [3.8, 4) is 0 Å². The van der Waals surface area contributed by atoms with Crippen molar-refractivity contribution in [3.63, 3.8) is 0 Å². The van der Waals surface area contributed by atoms with E-state index in [9.17, 15) is 19.5 Å². The van der Waals surface area contributed by atoms with E-state index in [4.69, 9.17) is 4.74 Å². The zero-order valence-corrected chi connectivity index (χ0v) is 16.3. The minimum atomic E-state index is -1.18. The Morgan fingerprint density at radius 2 is 1.59 bits per heavy atom. The maximum absolute atomic E-state index is 13.1. The van der Waals surface area contributed by atoms with E-state index in [0.29, 0.717) is 5.69 Å². The Bertz CT molecular complexity index is 906. The molecular weight excluding hydrogens is 372 g/mol. The van der Waals surface area contributed by atoms with Gasteiger partial charge in [-0.1, -0.05) is 24.3 Å². The molecule has 0 bridgehead atoms. The smallest absolute Gasteiger partial charge is 0.397 e. The molecule has 7 heteroatoms. The highest BCUT2D eigenvalue weighted by Crippen LogP contribution is 2.37. The van der Waals surface area contributed by atoms with Crippen LogP contribution in [0.4, 0.5) is 17.1 Å². The van der Waals surface area contributed by atoms with Gasteiger partial charge in [-0.3, -0.25) is 9.69 Å². The van der Waals surface area contributed by atoms with Crippen LogP contribution in [0.5, 0.6) is 0 Å². The molecule has 1 aliphatic rings. The topological polar surface area (TPSA) is 87.2 Å². The van der Waals surface area contributed by atoms with E-state index in [0.717, 1.165) is 42.9 Å². The highest BCUT2D eigenvalue weighted by atomic mass is 16.5. The summed E-state index contributed by atoms with van der Waals surface area (Å²) in [5, 5.41) is 9.64. The minimum absolute atomic E-state index is 0.0484. The molecule has 1 saturated heterocycles. The molecular formula is C22H24N2O5. The highest BCUT2D eigenvalue weighted by molar-refractivity contribution is 6.40. The van der Waals surface area contributed by atoms with Gasteiger partial charge < -0.3 is 14.7 Å². The Labute approximate surface area is 169 Å². The van der Waals surface area contributed by atoms with Crippen LogP contribution in [0.2, 0.25) is 0 Å². The quantitative estimate of drug-likeness (QED) is 0.614. The molecule has 0 spiro atoms. The van der Waals surface area contributed by atoms with Crippen LogP contribution in [0.15, 0.2) is 48.5 Å². The van der Waals surface area contributed by atoms with Gasteiger partial charge in [-0.25, -0.2) is 9.59 Å². The number of anilines is 3. The van der Waals surface area contributed by atoms with Crippen LogP contribution >= 0.6 is 0 Å². The third-order valence-electron chi connectivity index (χ3n) is 4.85. The van der Waals surface area contributed by atoms with Crippen molar-refractivity contribution < 1.29 is 24.2 Å². The normalized spacial score (nSPS) is 13.6. The van der Waals surface area contributed by atoms with Crippen LogP contribution in [0.1, 0.15) is 36.5 Å². The lowest BCUT2D eigenvalue weighted by atomic mass is 10.1. The second-order valence-electron chi connectivity index (χ2n) is 6.72. The maximum Gasteiger partial charge on any atom is 0.397 e. The zero-order valence-electron chi connectivity index (χ0n) is 16.3. The van der Waals surface area contributed by atoms with E-state index < -0.39 is 17.8 Å². The van der Waals surface area contributed by atoms with Crippen molar-refractivity contribution in [1.82, 2.24) is 0 Å². The molecule has 1 amide bonds. The summed E-state index contributed by atoms with van der Waals surface area (Å²) in [4.78, 5) is 40.5. The van der Waals surface area contributed by atoms with E-state index in [1.807, 2.05) is 12.1 Å². The first-order chi connectivity index (χ1) is 14.0. The fourth-order valence-electron chi connectivity index (χ4n) is 3.54. The van der Waals surface area contributed by atoms with Gasteiger partial charge in [-0.05, 0) is 50.5 Å². The number of hydrogen-bond donors (Lipinski definition) is 1. The Hall–Kier alpha value is -3.35. The lowest BCUT2D eigenvalue weighted by Gasteiger charge is -2.33. The number of ether oxygens (including phenoxy) is 1. The number of amides is 1. The fourth-order valence-corrected chi connectivity index (χ4v) is 3.54. The maximum atomic E-state index is 13.1. The van der Waals surface area contributed by atoms with Crippen molar-refractivity contribution >= 4 is 34.9 Å². The van der Waals surface area contributed by atoms with Crippen molar-refractivity contribution in [2.24, 2.45) is 0 Å². The molecule has 1 heterocycles. The summed E-state index contributed by atoms with van der Waals surface area (Å²) in [5.41, 5.74) is 1.30. The number of piperidine rings is 1. The number of carbonyl (C=O) groups excluding carboxylic acids is 2. The molecule has 2 aromatic rings. The first kappa shape index (κ1) is 20.4. The Morgan fingerprint density at radius 3 is 2.24 bits per heavy atom. The molecule has 1 aliphatic heterocycles. The number of hydrogen-bond acceptors (Lipinski definition) is 5. The number of esters is 1. The van der Waals surface area contributed by atoms with E-state index >= 15 is 0 Å². The number of benzene rings is 2. The average molecular weight is 396 g/mol. The molecule has 7 nitrogen and oxygen atoms in total. The van der Waals surface area contributed by atoms with Gasteiger partial charge in [0.1, 0.15) is 0 Å². The van der Waals surface area contributed by atoms with Crippen molar-refractivity contribution in [2.75, 3.05) is 29.5 Å². The molecule has 2 aromatic carbocycles. The van der Waals surface area contributed by atoms with Crippen LogP contribution in [0, 0.1) is 0 Å². The summed E-state index contributed by atoms with van der Waals surface area (Å²) < 4.78 is 4.92. The number of aromatic carboxylic acids is 1. The third kappa shape index (κ3) is 4.39. The number of rotatable bonds is 5. The molecule has 0 saturated carbocycles. The lowest BCUT2D eigenvalue weighted by molar-refractivity contribution is -0.152. The van der Waals surface area contributed by atoms with Gasteiger partial charge in [0.15, 0.2) is 0 Å². The molecule has 3 rings (SSSR count). The van der Waals surface area contributed by atoms with Gasteiger partial charge >= 0.3 is 17.8 Å². The van der Waals surface area contributed by atoms with Gasteiger partial charge in [0, 0.05) is 13.1 Å². The van der Waals surface area contributed by atoms with Crippen molar-refractivity contribution in [2.45, 2.75) is 26.2 Å². The number of carboxylic acid groups (broad SMARTS) is 1. The summed E-state index contributed by atoms with van der Waals surface area (Å²) in [6.45, 7) is 3.33. The van der Waals surface area contributed by atoms with Gasteiger partial charge in [0.2, 0.25) is 0 Å². The van der Waals surface area contributed by atoms with Crippen molar-refractivity contribution in [3.05, 3.63) is 54.1 Å². The summed E-state index contributed by atoms with van der Waals surface area (Å²) in [6, 6.07) is 13.4. The largest absolute Gasteiger partial charge is 0.478 e. The molecule has 0 unspecified atom stereocenters. The Balaban J connectivity index is 2.16. The first-order valence-corrected chi connectivity index (χ1v) is 9.72. The molecule has 0 aliphatic carbocycles. The lowest BCUT2D eigenvalue weighted by Crippen LogP contribution is -2.37. The number of carbonyl (C=O) groups is 3. The number of para-hydroxylation sites is 3. The molecule has 0 radical (unpaired) electrons. The average Bonchev–Trinajstić information content (AvgIpc) is 2.75. The van der Waals surface area contributed by atoms with E-state index in [-0.39, 0.29) is 17.9 Å². The molecule has 1 N–H and O–H groups in total. The molecule has 152 valence electrons. The summed E-state index contributed by atoms with van der Waals surface area (Å²) in [5.74, 6) is -3.14. The molecule has 0 atom stereocenters. The van der Waals surface area contributed by atoms with Crippen LogP contribution < -0.4 is 9.80 Å². The first-order valence-electron chi connectivity index (χ1n) is 9.72. The predicted octanol–water partition coefficient (Wildman–Crippen LogP) is 3.60. The van der Waals surface area contributed by atoms with Crippen LogP contribution in [0.25, 0.3) is 0 Å². The monoisotopic (exact) mass is 396 g/mol. The fraction of sp³-hybridized carbons (Fsp3) is 0.318. The highest BCUT2D eigenvalue weighted by Gasteiger charge is 2.31. The minimum Gasteiger partial charge on any atom is -0.478 e. The predicted molar refractivity (Wildman–Crippen MR) is 110 cm³/mol. The zero-order chi connectivity index (χ0) is 20.8. The van der Waals surface area contributed by atoms with Crippen LogP contribution in [0.3, 0.4) is 0 Å². The van der Waals surface area contributed by atoms with Crippen molar-refractivity contribution in [1.29, 1.82) is 0 Å².